The molecule has 1 aromatic heterocycles. The van der Waals surface area contributed by atoms with Crippen molar-refractivity contribution >= 4 is 28.6 Å². The van der Waals surface area contributed by atoms with E-state index in [-0.39, 0.29) is 5.97 Å². The Balaban J connectivity index is 1.61. The van der Waals surface area contributed by atoms with Crippen LogP contribution in [0.2, 0.25) is 0 Å². The third kappa shape index (κ3) is 6.67. The summed E-state index contributed by atoms with van der Waals surface area (Å²) in [5, 5.41) is 15.2. The fourth-order valence-electron chi connectivity index (χ4n) is 3.20. The highest BCUT2D eigenvalue weighted by molar-refractivity contribution is 7.11. The number of nitriles is 1. The first-order chi connectivity index (χ1) is 16.6. The quantitative estimate of drug-likeness (QED) is 0.297. The maximum absolute atomic E-state index is 12.2. The second-order valence-electron chi connectivity index (χ2n) is 7.32. The molecule has 34 heavy (non-hydrogen) atoms. The zero-order valence-corrected chi connectivity index (χ0v) is 20.4. The summed E-state index contributed by atoms with van der Waals surface area (Å²) < 4.78 is 10.6. The third-order valence-electron chi connectivity index (χ3n) is 5.26. The average Bonchev–Trinajstić information content (AvgIpc) is 3.37. The number of allylic oxidation sites excluding steroid dienone is 1. The van der Waals surface area contributed by atoms with Crippen molar-refractivity contribution in [1.82, 2.24) is 9.88 Å². The third-order valence-corrected chi connectivity index (χ3v) is 6.13. The van der Waals surface area contributed by atoms with Crippen molar-refractivity contribution in [2.75, 3.05) is 38.7 Å². The van der Waals surface area contributed by atoms with Crippen LogP contribution in [0, 0.1) is 11.3 Å². The summed E-state index contributed by atoms with van der Waals surface area (Å²) >= 11 is 1.40. The summed E-state index contributed by atoms with van der Waals surface area (Å²) in [5.74, 6) is 0.404. The lowest BCUT2D eigenvalue weighted by atomic mass is 10.1. The van der Waals surface area contributed by atoms with Gasteiger partial charge in [0.1, 0.15) is 29.0 Å². The van der Waals surface area contributed by atoms with E-state index in [2.05, 4.69) is 35.1 Å². The van der Waals surface area contributed by atoms with Gasteiger partial charge in [0.25, 0.3) is 0 Å². The van der Waals surface area contributed by atoms with E-state index in [0.717, 1.165) is 42.3 Å². The molecule has 0 saturated heterocycles. The number of esters is 1. The first-order valence-electron chi connectivity index (χ1n) is 11.0. The summed E-state index contributed by atoms with van der Waals surface area (Å²) in [6.45, 7) is 7.09. The Kier molecular flexibility index (Phi) is 9.21. The Morgan fingerprint density at radius 1 is 1.21 bits per heavy atom. The molecule has 0 radical (unpaired) electrons. The lowest BCUT2D eigenvalue weighted by Gasteiger charge is -2.17. The van der Waals surface area contributed by atoms with Crippen molar-refractivity contribution < 1.29 is 14.3 Å². The van der Waals surface area contributed by atoms with E-state index in [0.29, 0.717) is 22.8 Å². The minimum absolute atomic E-state index is 0.347. The Labute approximate surface area is 204 Å². The lowest BCUT2D eigenvalue weighted by Crippen LogP contribution is -2.27. The molecule has 7 nitrogen and oxygen atoms in total. The highest BCUT2D eigenvalue weighted by Crippen LogP contribution is 2.28. The molecule has 1 N–H and O–H groups in total. The molecule has 0 aliphatic rings. The molecule has 0 aliphatic heterocycles. The van der Waals surface area contributed by atoms with E-state index in [1.807, 2.05) is 29.6 Å². The summed E-state index contributed by atoms with van der Waals surface area (Å²) in [7, 11) is 1.62. The number of methoxy groups -OCH3 is 1. The largest absolute Gasteiger partial charge is 0.497 e. The molecule has 1 heterocycles. The van der Waals surface area contributed by atoms with Crippen LogP contribution in [0.3, 0.4) is 0 Å². The van der Waals surface area contributed by atoms with Crippen LogP contribution in [0.5, 0.6) is 5.75 Å². The average molecular weight is 477 g/mol. The lowest BCUT2D eigenvalue weighted by molar-refractivity contribution is 0.0466. The zero-order valence-electron chi connectivity index (χ0n) is 19.6. The summed E-state index contributed by atoms with van der Waals surface area (Å²) in [5.41, 5.74) is 3.35. The van der Waals surface area contributed by atoms with E-state index >= 15 is 0 Å². The van der Waals surface area contributed by atoms with Gasteiger partial charge in [-0.05, 0) is 49.5 Å². The van der Waals surface area contributed by atoms with Crippen LogP contribution in [-0.2, 0) is 4.74 Å². The van der Waals surface area contributed by atoms with E-state index < -0.39 is 0 Å². The maximum Gasteiger partial charge on any atom is 0.338 e. The van der Waals surface area contributed by atoms with Gasteiger partial charge in [0.2, 0.25) is 0 Å². The van der Waals surface area contributed by atoms with Gasteiger partial charge in [0, 0.05) is 29.4 Å². The maximum atomic E-state index is 12.2. The van der Waals surface area contributed by atoms with Crippen molar-refractivity contribution in [3.63, 3.8) is 0 Å². The molecular formula is C26H28N4O3S. The number of ether oxygens (including phenoxy) is 2. The Morgan fingerprint density at radius 3 is 2.65 bits per heavy atom. The second kappa shape index (κ2) is 12.5. The van der Waals surface area contributed by atoms with Crippen LogP contribution in [0.1, 0.15) is 29.2 Å². The number of rotatable bonds is 11. The van der Waals surface area contributed by atoms with E-state index in [1.54, 1.807) is 37.6 Å². The molecule has 0 unspecified atom stereocenters. The standard InChI is InChI=1S/C26H28N4O3S/c1-4-30(5-2)13-14-33-26(31)19-9-11-22(12-10-19)28-17-21(16-27)25-29-24(18-34-25)20-7-6-8-23(15-20)32-3/h6-12,15,17-18,28H,4-5,13-14H2,1-3H3/b21-17-. The van der Waals surface area contributed by atoms with Gasteiger partial charge in [-0.2, -0.15) is 5.26 Å². The van der Waals surface area contributed by atoms with Crippen LogP contribution < -0.4 is 10.1 Å². The molecule has 0 aliphatic carbocycles. The molecule has 3 aromatic rings. The number of nitrogens with one attached hydrogen (secondary N) is 1. The number of benzene rings is 2. The summed E-state index contributed by atoms with van der Waals surface area (Å²) in [6, 6.07) is 16.8. The summed E-state index contributed by atoms with van der Waals surface area (Å²) in [4.78, 5) is 19.0. The predicted molar refractivity (Wildman–Crippen MR) is 136 cm³/mol. The number of carbonyl (C=O) groups excluding carboxylic acids is 1. The number of likely N-dealkylation sites (N-methyl/N-ethyl adjacent to an activating group) is 1. The highest BCUT2D eigenvalue weighted by Gasteiger charge is 2.11. The second-order valence-corrected chi connectivity index (χ2v) is 8.18. The molecule has 0 amide bonds. The van der Waals surface area contributed by atoms with Crippen molar-refractivity contribution in [2.45, 2.75) is 13.8 Å². The van der Waals surface area contributed by atoms with E-state index in [4.69, 9.17) is 9.47 Å². The van der Waals surface area contributed by atoms with Gasteiger partial charge in [0.15, 0.2) is 0 Å². The minimum Gasteiger partial charge on any atom is -0.497 e. The molecule has 2 aromatic carbocycles. The first kappa shape index (κ1) is 25.0. The molecular weight excluding hydrogens is 448 g/mol. The van der Waals surface area contributed by atoms with Gasteiger partial charge in [-0.15, -0.1) is 11.3 Å². The van der Waals surface area contributed by atoms with Crippen molar-refractivity contribution in [2.24, 2.45) is 0 Å². The number of hydrogen-bond donors (Lipinski definition) is 1. The van der Waals surface area contributed by atoms with Crippen LogP contribution >= 0.6 is 11.3 Å². The topological polar surface area (TPSA) is 87.5 Å². The molecule has 0 atom stereocenters. The monoisotopic (exact) mass is 476 g/mol. The van der Waals surface area contributed by atoms with E-state index in [9.17, 15) is 10.1 Å². The summed E-state index contributed by atoms with van der Waals surface area (Å²) in [6.07, 6.45) is 1.62. The molecule has 176 valence electrons. The van der Waals surface area contributed by atoms with E-state index in [1.165, 1.54) is 11.3 Å². The van der Waals surface area contributed by atoms with Gasteiger partial charge < -0.3 is 19.7 Å². The number of nitrogens with zero attached hydrogens (tertiary/aromatic N) is 3. The number of thiazole rings is 1. The molecule has 0 bridgehead atoms. The Hall–Kier alpha value is -3.67. The SMILES string of the molecule is CCN(CC)CCOC(=O)c1ccc(N/C=C(/C#N)c2nc(-c3cccc(OC)c3)cs2)cc1. The highest BCUT2D eigenvalue weighted by atomic mass is 32.1. The van der Waals surface area contributed by atoms with Crippen LogP contribution in [0.15, 0.2) is 60.1 Å². The van der Waals surface area contributed by atoms with Crippen molar-refractivity contribution in [1.29, 1.82) is 5.26 Å². The zero-order chi connectivity index (χ0) is 24.3. The Morgan fingerprint density at radius 2 is 1.97 bits per heavy atom. The fourth-order valence-corrected chi connectivity index (χ4v) is 4.00. The van der Waals surface area contributed by atoms with Gasteiger partial charge >= 0.3 is 5.97 Å². The van der Waals surface area contributed by atoms with Crippen LogP contribution in [0.4, 0.5) is 5.69 Å². The fraction of sp³-hybridized carbons (Fsp3) is 0.269. The minimum atomic E-state index is -0.347. The molecule has 8 heteroatoms. The Bertz CT molecular complexity index is 1160. The van der Waals surface area contributed by atoms with Gasteiger partial charge in [-0.1, -0.05) is 26.0 Å². The normalized spacial score (nSPS) is 11.2. The molecule has 0 spiro atoms. The number of carbonyl (C=O) groups is 1. The molecule has 0 fully saturated rings. The predicted octanol–water partition coefficient (Wildman–Crippen LogP) is 5.29. The van der Waals surface area contributed by atoms with Crippen molar-refractivity contribution in [3.8, 4) is 23.1 Å². The number of anilines is 1. The molecule has 0 saturated carbocycles. The number of aromatic nitrogens is 1. The van der Waals surface area contributed by atoms with Crippen LogP contribution in [-0.4, -0.2) is 49.2 Å². The first-order valence-corrected chi connectivity index (χ1v) is 11.9. The van der Waals surface area contributed by atoms with Gasteiger partial charge in [-0.25, -0.2) is 9.78 Å². The van der Waals surface area contributed by atoms with Crippen LogP contribution in [0.25, 0.3) is 16.8 Å². The van der Waals surface area contributed by atoms with Gasteiger partial charge in [0.05, 0.1) is 18.4 Å². The smallest absolute Gasteiger partial charge is 0.338 e. The van der Waals surface area contributed by atoms with Gasteiger partial charge in [-0.3, -0.25) is 0 Å². The molecule has 3 rings (SSSR count). The number of hydrogen-bond acceptors (Lipinski definition) is 8. The van der Waals surface area contributed by atoms with Crippen molar-refractivity contribution in [3.05, 3.63) is 70.7 Å².